The first-order valence-corrected chi connectivity index (χ1v) is 19.2. The van der Waals surface area contributed by atoms with Gasteiger partial charge in [0.2, 0.25) is 0 Å². The van der Waals surface area contributed by atoms with E-state index in [2.05, 4.69) is 138 Å². The van der Waals surface area contributed by atoms with E-state index >= 15 is 0 Å². The van der Waals surface area contributed by atoms with Crippen molar-refractivity contribution in [1.29, 1.82) is 0 Å². The van der Waals surface area contributed by atoms with Crippen molar-refractivity contribution in [2.45, 2.75) is 0 Å². The van der Waals surface area contributed by atoms with E-state index in [0.717, 1.165) is 66.0 Å². The summed E-state index contributed by atoms with van der Waals surface area (Å²) >= 11 is 0. The van der Waals surface area contributed by atoms with Crippen molar-refractivity contribution in [1.82, 2.24) is 9.78 Å². The van der Waals surface area contributed by atoms with Crippen molar-refractivity contribution in [3.8, 4) is 39.2 Å². The normalized spacial score (nSPS) is 11.9. The second kappa shape index (κ2) is 13.0. The van der Waals surface area contributed by atoms with Crippen LogP contribution in [0.5, 0.6) is 0 Å². The number of rotatable bonds is 7. The van der Waals surface area contributed by atoms with E-state index in [1.807, 2.05) is 66.7 Å². The van der Waals surface area contributed by atoms with E-state index in [-0.39, 0.29) is 0 Å². The van der Waals surface area contributed by atoms with Crippen LogP contribution in [0.2, 0.25) is 0 Å². The summed E-state index contributed by atoms with van der Waals surface area (Å²) < 4.78 is 2.11. The molecule has 0 saturated heterocycles. The minimum atomic E-state index is -3.17. The number of benzene rings is 8. The Labute approximate surface area is 298 Å². The molecule has 0 unspecified atom stereocenters. The van der Waals surface area contributed by atoms with E-state index in [4.69, 9.17) is 5.10 Å². The van der Waals surface area contributed by atoms with Crippen LogP contribution in [-0.4, -0.2) is 14.7 Å². The zero-order valence-corrected chi connectivity index (χ0v) is 28.9. The van der Waals surface area contributed by atoms with Gasteiger partial charge < -0.3 is 0 Å². The van der Waals surface area contributed by atoms with Crippen LogP contribution < -0.4 is 15.9 Å². The summed E-state index contributed by atoms with van der Waals surface area (Å²) in [7, 11) is -3.17. The molecule has 9 rings (SSSR count). The number of fused-ring (bicyclic) bond motifs is 3. The number of para-hydroxylation sites is 1. The summed E-state index contributed by atoms with van der Waals surface area (Å²) in [6, 6.07) is 69.3. The van der Waals surface area contributed by atoms with Crippen LogP contribution >= 0.6 is 7.49 Å². The summed E-state index contributed by atoms with van der Waals surface area (Å²) in [5.74, 6) is 0. The van der Waals surface area contributed by atoms with Crippen LogP contribution in [0.15, 0.2) is 200 Å². The monoisotopic (exact) mass is 674 g/mol. The van der Waals surface area contributed by atoms with Crippen LogP contribution in [0.4, 0.5) is 0 Å². The zero-order valence-electron chi connectivity index (χ0n) is 27.9. The van der Waals surface area contributed by atoms with Crippen molar-refractivity contribution in [3.63, 3.8) is 0 Å². The van der Waals surface area contributed by atoms with Crippen molar-refractivity contribution >= 4 is 45.1 Å². The summed E-state index contributed by atoms with van der Waals surface area (Å²) in [6.07, 6.45) is 0. The van der Waals surface area contributed by atoms with Gasteiger partial charge in [-0.2, -0.15) is 0 Å². The molecule has 0 atom stereocenters. The standard InChI is InChI=1S/C47H35N2OP/c50-51(40-20-9-3-10-21-40,41-22-11-4-12-23-41)42-31-29-35(30-32-42)34-25-27-37(28-26-34)46-45-44(36-15-5-1-6-16-36)33-38-17-13-14-24-43(38)47(45)49(48-46)39-18-7-2-8-19-39/h1-33,50-51H. The first-order chi connectivity index (χ1) is 25.2. The van der Waals surface area contributed by atoms with E-state index in [9.17, 15) is 4.89 Å². The molecule has 0 aliphatic rings. The van der Waals surface area contributed by atoms with Crippen LogP contribution in [-0.2, 0) is 0 Å². The Kier molecular flexibility index (Phi) is 7.86. The number of nitrogens with zero attached hydrogens (tertiary/aromatic N) is 2. The van der Waals surface area contributed by atoms with Gasteiger partial charge in [-0.25, -0.2) is 0 Å². The van der Waals surface area contributed by atoms with Gasteiger partial charge in [0.05, 0.1) is 0 Å². The van der Waals surface area contributed by atoms with E-state index < -0.39 is 7.49 Å². The number of hydrogen-bond acceptors (Lipinski definition) is 2. The molecular formula is C47H35N2OP. The molecule has 9 aromatic rings. The molecule has 4 heteroatoms. The Morgan fingerprint density at radius 1 is 0.431 bits per heavy atom. The predicted molar refractivity (Wildman–Crippen MR) is 217 cm³/mol. The Hall–Kier alpha value is -6.12. The average Bonchev–Trinajstić information content (AvgIpc) is 3.63. The van der Waals surface area contributed by atoms with Gasteiger partial charge in [0, 0.05) is 0 Å². The molecule has 1 heterocycles. The van der Waals surface area contributed by atoms with Crippen LogP contribution in [0.3, 0.4) is 0 Å². The van der Waals surface area contributed by atoms with Gasteiger partial charge in [-0.1, -0.05) is 72.8 Å². The number of aromatic nitrogens is 2. The summed E-state index contributed by atoms with van der Waals surface area (Å²) in [5, 5.41) is 11.7. The van der Waals surface area contributed by atoms with Crippen LogP contribution in [0.1, 0.15) is 0 Å². The second-order valence-electron chi connectivity index (χ2n) is 12.9. The Balaban J connectivity index is 1.16. The molecule has 3 nitrogen and oxygen atoms in total. The van der Waals surface area contributed by atoms with Crippen LogP contribution in [0, 0.1) is 0 Å². The summed E-state index contributed by atoms with van der Waals surface area (Å²) in [4.78, 5) is 12.4. The van der Waals surface area contributed by atoms with E-state index in [1.165, 1.54) is 10.8 Å². The zero-order chi connectivity index (χ0) is 34.2. The quantitative estimate of drug-likeness (QED) is 0.171. The summed E-state index contributed by atoms with van der Waals surface area (Å²) in [6.45, 7) is 0. The van der Waals surface area contributed by atoms with Crippen molar-refractivity contribution < 1.29 is 4.89 Å². The molecular weight excluding hydrogens is 640 g/mol. The maximum atomic E-state index is 12.4. The van der Waals surface area contributed by atoms with Gasteiger partial charge >= 0.3 is 209 Å². The van der Waals surface area contributed by atoms with Gasteiger partial charge in [-0.05, 0) is 17.5 Å². The van der Waals surface area contributed by atoms with Gasteiger partial charge in [0.1, 0.15) is 0 Å². The molecule has 0 radical (unpaired) electrons. The van der Waals surface area contributed by atoms with Gasteiger partial charge in [0.15, 0.2) is 0 Å². The third-order valence-corrected chi connectivity index (χ3v) is 13.4. The average molecular weight is 675 g/mol. The molecule has 0 aliphatic heterocycles. The number of hydrogen-bond donors (Lipinski definition) is 1. The SMILES string of the molecule is O[PH](c1ccccc1)(c1ccccc1)c1ccc(-c2ccc(-c3nn(-c4ccccc4)c4c3c(-c3ccccc3)cc3ccccc34)cc2)cc1. The fourth-order valence-electron chi connectivity index (χ4n) is 7.37. The molecule has 1 aromatic heterocycles. The fraction of sp³-hybridized carbons (Fsp3) is 0. The van der Waals surface area contributed by atoms with Crippen molar-refractivity contribution in [3.05, 3.63) is 200 Å². The second-order valence-corrected chi connectivity index (χ2v) is 16.1. The first-order valence-electron chi connectivity index (χ1n) is 17.3. The molecule has 8 aromatic carbocycles. The summed E-state index contributed by atoms with van der Waals surface area (Å²) in [5.41, 5.74) is 8.65. The molecule has 0 bridgehead atoms. The van der Waals surface area contributed by atoms with Gasteiger partial charge in [-0.15, -0.1) is 0 Å². The molecule has 51 heavy (non-hydrogen) atoms. The molecule has 0 fully saturated rings. The van der Waals surface area contributed by atoms with Crippen molar-refractivity contribution in [2.24, 2.45) is 0 Å². The van der Waals surface area contributed by atoms with Gasteiger partial charge in [-0.3, -0.25) is 0 Å². The first kappa shape index (κ1) is 30.9. The molecule has 244 valence electrons. The Bertz CT molecular complexity index is 2560. The predicted octanol–water partition coefficient (Wildman–Crippen LogP) is 10.1. The van der Waals surface area contributed by atoms with Gasteiger partial charge in [0.25, 0.3) is 0 Å². The third-order valence-electron chi connectivity index (χ3n) is 9.93. The minimum absolute atomic E-state index is 0.946. The Morgan fingerprint density at radius 3 is 1.51 bits per heavy atom. The molecule has 0 aliphatic carbocycles. The van der Waals surface area contributed by atoms with Crippen LogP contribution in [0.25, 0.3) is 60.9 Å². The maximum absolute atomic E-state index is 12.4. The fourth-order valence-corrected chi connectivity index (χ4v) is 10.4. The molecule has 0 spiro atoms. The van der Waals surface area contributed by atoms with E-state index in [0.29, 0.717) is 0 Å². The third kappa shape index (κ3) is 5.45. The topological polar surface area (TPSA) is 38.1 Å². The molecule has 0 amide bonds. The van der Waals surface area contributed by atoms with E-state index in [1.54, 1.807) is 0 Å². The Morgan fingerprint density at radius 2 is 0.902 bits per heavy atom. The molecule has 1 N–H and O–H groups in total. The van der Waals surface area contributed by atoms with Crippen molar-refractivity contribution in [2.75, 3.05) is 0 Å². The molecule has 0 saturated carbocycles.